The van der Waals surface area contributed by atoms with Gasteiger partial charge in [-0.25, -0.2) is 0 Å². The van der Waals surface area contributed by atoms with Gasteiger partial charge in [-0.15, -0.1) is 0 Å². The fourth-order valence-corrected chi connectivity index (χ4v) is 2.37. The molecule has 5 nitrogen and oxygen atoms in total. The summed E-state index contributed by atoms with van der Waals surface area (Å²) in [5, 5.41) is 9.16. The van der Waals surface area contributed by atoms with E-state index in [9.17, 15) is 4.79 Å². The molecule has 0 aromatic heterocycles. The first-order valence-electron chi connectivity index (χ1n) is 6.68. The van der Waals surface area contributed by atoms with Gasteiger partial charge in [-0.3, -0.25) is 4.79 Å². The number of benzene rings is 1. The number of carboxylic acid groups (broad SMARTS) is 1. The van der Waals surface area contributed by atoms with Crippen LogP contribution in [-0.4, -0.2) is 31.4 Å². The van der Waals surface area contributed by atoms with Crippen molar-refractivity contribution in [3.8, 4) is 5.75 Å². The minimum atomic E-state index is -0.862. The lowest BCUT2D eigenvalue weighted by Crippen LogP contribution is -2.28. The van der Waals surface area contributed by atoms with Crippen molar-refractivity contribution in [3.63, 3.8) is 0 Å². The van der Waals surface area contributed by atoms with Crippen LogP contribution in [0, 0.1) is 5.41 Å². The second-order valence-corrected chi connectivity index (χ2v) is 6.39. The Labute approximate surface area is 133 Å². The number of hydrogen-bond acceptors (Lipinski definition) is 4. The van der Waals surface area contributed by atoms with Crippen molar-refractivity contribution in [1.29, 1.82) is 0 Å². The largest absolute Gasteiger partial charge is 0.490 e. The molecule has 0 aliphatic heterocycles. The first kappa shape index (κ1) is 17.9. The molecule has 1 unspecified atom stereocenters. The fourth-order valence-electron chi connectivity index (χ4n) is 1.85. The van der Waals surface area contributed by atoms with Crippen LogP contribution in [0.4, 0.5) is 0 Å². The van der Waals surface area contributed by atoms with Crippen molar-refractivity contribution in [3.05, 3.63) is 28.2 Å². The van der Waals surface area contributed by atoms with Crippen LogP contribution in [0.5, 0.6) is 5.75 Å². The molecular weight excluding hydrogens is 338 g/mol. The van der Waals surface area contributed by atoms with Crippen LogP contribution in [0.25, 0.3) is 0 Å². The standard InChI is InChI=1S/C15H22BrNO4/c1-15(2,14(18)19)9-12(17)10-4-5-13(11(16)8-10)21-7-6-20-3/h4-5,8,12H,6-7,9,17H2,1-3H3,(H,18,19). The van der Waals surface area contributed by atoms with Gasteiger partial charge in [0.05, 0.1) is 16.5 Å². The second-order valence-electron chi connectivity index (χ2n) is 5.53. The molecule has 1 aromatic carbocycles. The van der Waals surface area contributed by atoms with Crippen molar-refractivity contribution >= 4 is 21.9 Å². The van der Waals surface area contributed by atoms with Gasteiger partial charge in [-0.1, -0.05) is 6.07 Å². The van der Waals surface area contributed by atoms with E-state index in [-0.39, 0.29) is 6.04 Å². The number of halogens is 1. The van der Waals surface area contributed by atoms with Gasteiger partial charge >= 0.3 is 5.97 Å². The van der Waals surface area contributed by atoms with E-state index in [1.807, 2.05) is 18.2 Å². The van der Waals surface area contributed by atoms with Gasteiger partial charge in [0.25, 0.3) is 0 Å². The van der Waals surface area contributed by atoms with Crippen LogP contribution in [0.3, 0.4) is 0 Å². The molecule has 0 bridgehead atoms. The summed E-state index contributed by atoms with van der Waals surface area (Å²) in [7, 11) is 1.62. The average molecular weight is 360 g/mol. The highest BCUT2D eigenvalue weighted by molar-refractivity contribution is 9.10. The van der Waals surface area contributed by atoms with Crippen molar-refractivity contribution < 1.29 is 19.4 Å². The summed E-state index contributed by atoms with van der Waals surface area (Å²) in [6.07, 6.45) is 0.360. The number of rotatable bonds is 8. The van der Waals surface area contributed by atoms with E-state index < -0.39 is 11.4 Å². The Bertz CT molecular complexity index is 491. The smallest absolute Gasteiger partial charge is 0.309 e. The fraction of sp³-hybridized carbons (Fsp3) is 0.533. The second kappa shape index (κ2) is 7.77. The Morgan fingerprint density at radius 2 is 2.10 bits per heavy atom. The van der Waals surface area contributed by atoms with Gasteiger partial charge in [-0.05, 0) is 53.9 Å². The molecule has 0 aliphatic carbocycles. The summed E-state index contributed by atoms with van der Waals surface area (Å²) in [6.45, 7) is 4.33. The van der Waals surface area contributed by atoms with Gasteiger partial charge in [0.15, 0.2) is 0 Å². The number of nitrogens with two attached hydrogens (primary N) is 1. The predicted octanol–water partition coefficient (Wildman–Crippen LogP) is 2.98. The van der Waals surface area contributed by atoms with E-state index in [2.05, 4.69) is 15.9 Å². The molecule has 1 atom stereocenters. The molecule has 0 fully saturated rings. The summed E-state index contributed by atoms with van der Waals surface area (Å²) in [6, 6.07) is 5.20. The highest BCUT2D eigenvalue weighted by atomic mass is 79.9. The average Bonchev–Trinajstić information content (AvgIpc) is 2.40. The molecular formula is C15H22BrNO4. The van der Waals surface area contributed by atoms with Gasteiger partial charge in [0, 0.05) is 13.2 Å². The SMILES string of the molecule is COCCOc1ccc(C(N)CC(C)(C)C(=O)O)cc1Br. The Hall–Kier alpha value is -1.11. The summed E-state index contributed by atoms with van der Waals surface area (Å²) >= 11 is 3.44. The van der Waals surface area contributed by atoms with E-state index in [1.54, 1.807) is 21.0 Å². The van der Waals surface area contributed by atoms with Crippen molar-refractivity contribution in [1.82, 2.24) is 0 Å². The summed E-state index contributed by atoms with van der Waals surface area (Å²) in [5.41, 5.74) is 6.12. The van der Waals surface area contributed by atoms with Gasteiger partial charge < -0.3 is 20.3 Å². The lowest BCUT2D eigenvalue weighted by molar-refractivity contribution is -0.147. The van der Waals surface area contributed by atoms with E-state index in [0.717, 1.165) is 10.0 Å². The van der Waals surface area contributed by atoms with Crippen molar-refractivity contribution in [2.24, 2.45) is 11.1 Å². The Kier molecular flexibility index (Phi) is 6.64. The summed E-state index contributed by atoms with van der Waals surface area (Å²) in [4.78, 5) is 11.2. The Morgan fingerprint density at radius 1 is 1.43 bits per heavy atom. The van der Waals surface area contributed by atoms with E-state index >= 15 is 0 Å². The number of methoxy groups -OCH3 is 1. The maximum Gasteiger partial charge on any atom is 0.309 e. The Balaban J connectivity index is 2.76. The molecule has 0 saturated carbocycles. The molecule has 1 rings (SSSR count). The maximum absolute atomic E-state index is 11.2. The first-order chi connectivity index (χ1) is 9.77. The van der Waals surface area contributed by atoms with Crippen LogP contribution < -0.4 is 10.5 Å². The molecule has 0 amide bonds. The number of hydrogen-bond donors (Lipinski definition) is 2. The van der Waals surface area contributed by atoms with E-state index in [1.165, 1.54) is 0 Å². The van der Waals surface area contributed by atoms with Crippen LogP contribution in [0.1, 0.15) is 31.9 Å². The quantitative estimate of drug-likeness (QED) is 0.697. The molecule has 0 spiro atoms. The third-order valence-electron chi connectivity index (χ3n) is 3.24. The van der Waals surface area contributed by atoms with Crippen LogP contribution >= 0.6 is 15.9 Å². The van der Waals surface area contributed by atoms with Crippen LogP contribution in [-0.2, 0) is 9.53 Å². The van der Waals surface area contributed by atoms with Gasteiger partial charge in [-0.2, -0.15) is 0 Å². The first-order valence-corrected chi connectivity index (χ1v) is 7.47. The maximum atomic E-state index is 11.2. The molecule has 21 heavy (non-hydrogen) atoms. The van der Waals surface area contributed by atoms with Crippen molar-refractivity contribution in [2.75, 3.05) is 20.3 Å². The number of ether oxygens (including phenoxy) is 2. The normalized spacial score (nSPS) is 13.0. The number of carboxylic acids is 1. The number of aliphatic carboxylic acids is 1. The monoisotopic (exact) mass is 359 g/mol. The lowest BCUT2D eigenvalue weighted by atomic mass is 9.84. The predicted molar refractivity (Wildman–Crippen MR) is 84.5 cm³/mol. The minimum Gasteiger partial charge on any atom is -0.490 e. The third-order valence-corrected chi connectivity index (χ3v) is 3.86. The topological polar surface area (TPSA) is 81.8 Å². The Morgan fingerprint density at radius 3 is 2.62 bits per heavy atom. The highest BCUT2D eigenvalue weighted by Crippen LogP contribution is 2.32. The van der Waals surface area contributed by atoms with E-state index in [0.29, 0.717) is 25.4 Å². The third kappa shape index (κ3) is 5.30. The summed E-state index contributed by atoms with van der Waals surface area (Å²) in [5.74, 6) is -0.142. The highest BCUT2D eigenvalue weighted by Gasteiger charge is 2.30. The molecule has 0 radical (unpaired) electrons. The molecule has 3 N–H and O–H groups in total. The van der Waals surface area contributed by atoms with E-state index in [4.69, 9.17) is 20.3 Å². The van der Waals surface area contributed by atoms with Crippen LogP contribution in [0.15, 0.2) is 22.7 Å². The zero-order valence-electron chi connectivity index (χ0n) is 12.6. The van der Waals surface area contributed by atoms with Crippen LogP contribution in [0.2, 0.25) is 0 Å². The van der Waals surface area contributed by atoms with Crippen molar-refractivity contribution in [2.45, 2.75) is 26.3 Å². The van der Waals surface area contributed by atoms with Gasteiger partial charge in [0.1, 0.15) is 12.4 Å². The summed E-state index contributed by atoms with van der Waals surface area (Å²) < 4.78 is 11.3. The molecule has 0 heterocycles. The zero-order chi connectivity index (χ0) is 16.0. The zero-order valence-corrected chi connectivity index (χ0v) is 14.1. The minimum absolute atomic E-state index is 0.347. The molecule has 6 heteroatoms. The molecule has 118 valence electrons. The number of carbonyl (C=O) groups is 1. The molecule has 1 aromatic rings. The molecule has 0 aliphatic rings. The molecule has 0 saturated heterocycles. The van der Waals surface area contributed by atoms with Gasteiger partial charge in [0.2, 0.25) is 0 Å². The lowest BCUT2D eigenvalue weighted by Gasteiger charge is -2.24.